The molecule has 1 unspecified atom stereocenters. The van der Waals surface area contributed by atoms with Crippen LogP contribution in [0.4, 0.5) is 11.6 Å². The summed E-state index contributed by atoms with van der Waals surface area (Å²) >= 11 is 0. The van der Waals surface area contributed by atoms with Crippen molar-refractivity contribution in [2.45, 2.75) is 45.6 Å². The standard InChI is InChI=1S/C19H25N7/c1-4-15-16(12-20)19(24-22-17(15)5-2)25(3)14-8-7-11-26(13-14)18-9-6-10-21-23-18/h6,9-10,14H,4-5,7-8,11,13H2,1-3H3. The number of rotatable bonds is 5. The molecule has 0 aromatic carbocycles. The van der Waals surface area contributed by atoms with Crippen LogP contribution in [0, 0.1) is 11.3 Å². The number of nitrogens with zero attached hydrogens (tertiary/aromatic N) is 7. The number of hydrogen-bond acceptors (Lipinski definition) is 7. The molecule has 2 aromatic heterocycles. The van der Waals surface area contributed by atoms with Crippen molar-refractivity contribution in [3.63, 3.8) is 0 Å². The molecule has 0 N–H and O–H groups in total. The smallest absolute Gasteiger partial charge is 0.169 e. The van der Waals surface area contributed by atoms with Gasteiger partial charge < -0.3 is 9.80 Å². The van der Waals surface area contributed by atoms with Gasteiger partial charge in [-0.15, -0.1) is 10.2 Å². The molecule has 1 fully saturated rings. The molecule has 3 heterocycles. The lowest BCUT2D eigenvalue weighted by Crippen LogP contribution is -2.47. The third-order valence-electron chi connectivity index (χ3n) is 5.10. The summed E-state index contributed by atoms with van der Waals surface area (Å²) in [7, 11) is 2.01. The highest BCUT2D eigenvalue weighted by atomic mass is 15.3. The number of aryl methyl sites for hydroxylation is 1. The fourth-order valence-electron chi connectivity index (χ4n) is 3.64. The van der Waals surface area contributed by atoms with Crippen LogP contribution in [-0.4, -0.2) is 46.6 Å². The number of likely N-dealkylation sites (N-methyl/N-ethyl adjacent to an activating group) is 1. The van der Waals surface area contributed by atoms with Gasteiger partial charge in [-0.3, -0.25) is 0 Å². The Morgan fingerprint density at radius 3 is 2.77 bits per heavy atom. The second kappa shape index (κ2) is 8.09. The maximum absolute atomic E-state index is 9.75. The number of aromatic nitrogens is 4. The zero-order valence-corrected chi connectivity index (χ0v) is 15.7. The molecule has 26 heavy (non-hydrogen) atoms. The van der Waals surface area contributed by atoms with Gasteiger partial charge in [-0.2, -0.15) is 15.5 Å². The van der Waals surface area contributed by atoms with Gasteiger partial charge >= 0.3 is 0 Å². The molecule has 1 saturated heterocycles. The summed E-state index contributed by atoms with van der Waals surface area (Å²) in [5, 5.41) is 26.8. The summed E-state index contributed by atoms with van der Waals surface area (Å²) in [5.41, 5.74) is 2.61. The van der Waals surface area contributed by atoms with Crippen molar-refractivity contribution in [1.82, 2.24) is 20.4 Å². The molecule has 7 heteroatoms. The van der Waals surface area contributed by atoms with Crippen molar-refractivity contribution in [1.29, 1.82) is 5.26 Å². The highest BCUT2D eigenvalue weighted by Gasteiger charge is 2.27. The SMILES string of the molecule is CCc1nnc(N(C)C2CCCN(c3cccnn3)C2)c(C#N)c1CC. The van der Waals surface area contributed by atoms with E-state index < -0.39 is 0 Å². The van der Waals surface area contributed by atoms with Crippen LogP contribution in [0.25, 0.3) is 0 Å². The van der Waals surface area contributed by atoms with E-state index in [-0.39, 0.29) is 6.04 Å². The van der Waals surface area contributed by atoms with Gasteiger partial charge in [-0.1, -0.05) is 13.8 Å². The molecule has 3 rings (SSSR count). The van der Waals surface area contributed by atoms with Crippen LogP contribution >= 0.6 is 0 Å². The second-order valence-corrected chi connectivity index (χ2v) is 6.58. The van der Waals surface area contributed by atoms with E-state index in [9.17, 15) is 5.26 Å². The third kappa shape index (κ3) is 3.45. The van der Waals surface area contributed by atoms with Crippen molar-refractivity contribution in [3.8, 4) is 6.07 Å². The molecule has 1 aliphatic heterocycles. The first-order valence-corrected chi connectivity index (χ1v) is 9.23. The Labute approximate surface area is 154 Å². The van der Waals surface area contributed by atoms with Gasteiger partial charge in [0, 0.05) is 32.4 Å². The molecular weight excluding hydrogens is 326 g/mol. The average molecular weight is 351 g/mol. The summed E-state index contributed by atoms with van der Waals surface area (Å²) in [6.45, 7) is 5.92. The first-order valence-electron chi connectivity index (χ1n) is 9.23. The third-order valence-corrected chi connectivity index (χ3v) is 5.10. The minimum Gasteiger partial charge on any atom is -0.353 e. The lowest BCUT2D eigenvalue weighted by atomic mass is 10.0. The molecule has 136 valence electrons. The molecule has 0 saturated carbocycles. The largest absolute Gasteiger partial charge is 0.353 e. The zero-order valence-electron chi connectivity index (χ0n) is 15.7. The van der Waals surface area contributed by atoms with Crippen molar-refractivity contribution in [3.05, 3.63) is 35.2 Å². The molecule has 1 aliphatic rings. The van der Waals surface area contributed by atoms with E-state index in [1.165, 1.54) is 0 Å². The fourth-order valence-corrected chi connectivity index (χ4v) is 3.64. The Bertz CT molecular complexity index is 784. The van der Waals surface area contributed by atoms with Crippen LogP contribution in [0.15, 0.2) is 18.3 Å². The molecule has 0 spiro atoms. The van der Waals surface area contributed by atoms with Gasteiger partial charge in [0.2, 0.25) is 0 Å². The minimum atomic E-state index is 0.254. The average Bonchev–Trinajstić information content (AvgIpc) is 2.72. The van der Waals surface area contributed by atoms with Crippen LogP contribution in [0.2, 0.25) is 0 Å². The molecular formula is C19H25N7. The Hall–Kier alpha value is -2.75. The van der Waals surface area contributed by atoms with Crippen molar-refractivity contribution < 1.29 is 0 Å². The van der Waals surface area contributed by atoms with Gasteiger partial charge in [-0.25, -0.2) is 0 Å². The van der Waals surface area contributed by atoms with Crippen LogP contribution in [0.1, 0.15) is 43.5 Å². The maximum Gasteiger partial charge on any atom is 0.169 e. The summed E-state index contributed by atoms with van der Waals surface area (Å²) < 4.78 is 0. The number of hydrogen-bond donors (Lipinski definition) is 0. The Kier molecular flexibility index (Phi) is 5.61. The molecule has 7 nitrogen and oxygen atoms in total. The van der Waals surface area contributed by atoms with E-state index in [0.717, 1.165) is 55.8 Å². The van der Waals surface area contributed by atoms with E-state index in [2.05, 4.69) is 43.2 Å². The van der Waals surface area contributed by atoms with E-state index in [1.54, 1.807) is 6.20 Å². The highest BCUT2D eigenvalue weighted by Crippen LogP contribution is 2.27. The van der Waals surface area contributed by atoms with Crippen LogP contribution < -0.4 is 9.80 Å². The van der Waals surface area contributed by atoms with Crippen molar-refractivity contribution >= 4 is 11.6 Å². The lowest BCUT2D eigenvalue weighted by molar-refractivity contribution is 0.481. The van der Waals surface area contributed by atoms with E-state index in [4.69, 9.17) is 0 Å². The molecule has 0 aliphatic carbocycles. The molecule has 0 amide bonds. The van der Waals surface area contributed by atoms with E-state index >= 15 is 0 Å². The second-order valence-electron chi connectivity index (χ2n) is 6.58. The fraction of sp³-hybridized carbons (Fsp3) is 0.526. The molecule has 0 bridgehead atoms. The van der Waals surface area contributed by atoms with Gasteiger partial charge in [0.15, 0.2) is 11.6 Å². The molecule has 0 radical (unpaired) electrons. The maximum atomic E-state index is 9.75. The first kappa shape index (κ1) is 18.1. The predicted molar refractivity (Wildman–Crippen MR) is 101 cm³/mol. The van der Waals surface area contributed by atoms with Crippen molar-refractivity contribution in [2.24, 2.45) is 0 Å². The number of anilines is 2. The molecule has 1 atom stereocenters. The number of nitriles is 1. The van der Waals surface area contributed by atoms with Crippen LogP contribution in [-0.2, 0) is 12.8 Å². The summed E-state index contributed by atoms with van der Waals surface area (Å²) in [4.78, 5) is 4.37. The zero-order chi connectivity index (χ0) is 18.5. The number of piperidine rings is 1. The van der Waals surface area contributed by atoms with Crippen LogP contribution in [0.3, 0.4) is 0 Å². The summed E-state index contributed by atoms with van der Waals surface area (Å²) in [6.07, 6.45) is 5.39. The van der Waals surface area contributed by atoms with Gasteiger partial charge in [-0.05, 0) is 43.4 Å². The van der Waals surface area contributed by atoms with Crippen LogP contribution in [0.5, 0.6) is 0 Å². The molecule has 2 aromatic rings. The Morgan fingerprint density at radius 1 is 1.27 bits per heavy atom. The highest BCUT2D eigenvalue weighted by molar-refractivity contribution is 5.58. The van der Waals surface area contributed by atoms with Crippen molar-refractivity contribution in [2.75, 3.05) is 29.9 Å². The minimum absolute atomic E-state index is 0.254. The predicted octanol–water partition coefficient (Wildman–Crippen LogP) is 2.37. The lowest BCUT2D eigenvalue weighted by Gasteiger charge is -2.38. The van der Waals surface area contributed by atoms with Gasteiger partial charge in [0.25, 0.3) is 0 Å². The van der Waals surface area contributed by atoms with E-state index in [0.29, 0.717) is 11.4 Å². The summed E-state index contributed by atoms with van der Waals surface area (Å²) in [6, 6.07) is 6.52. The quantitative estimate of drug-likeness (QED) is 0.818. The first-order chi connectivity index (χ1) is 12.7. The van der Waals surface area contributed by atoms with E-state index in [1.807, 2.05) is 26.1 Å². The van der Waals surface area contributed by atoms with Gasteiger partial charge in [0.1, 0.15) is 11.6 Å². The summed E-state index contributed by atoms with van der Waals surface area (Å²) in [5.74, 6) is 1.58. The topological polar surface area (TPSA) is 81.8 Å². The Balaban J connectivity index is 1.87. The Morgan fingerprint density at radius 2 is 2.12 bits per heavy atom. The normalized spacial score (nSPS) is 17.0. The monoisotopic (exact) mass is 351 g/mol. The van der Waals surface area contributed by atoms with Gasteiger partial charge in [0.05, 0.1) is 5.69 Å².